The van der Waals surface area contributed by atoms with Gasteiger partial charge in [-0.3, -0.25) is 14.4 Å². The third-order valence-corrected chi connectivity index (χ3v) is 10.2. The highest BCUT2D eigenvalue weighted by atomic mass is 32.2. The molecular weight excluding hydrogens is 480 g/mol. The van der Waals surface area contributed by atoms with Crippen molar-refractivity contribution >= 4 is 40.5 Å². The minimum absolute atomic E-state index is 0.108. The Labute approximate surface area is 214 Å². The van der Waals surface area contributed by atoms with E-state index in [1.165, 1.54) is 0 Å². The van der Waals surface area contributed by atoms with Gasteiger partial charge in [0.2, 0.25) is 17.7 Å². The van der Waals surface area contributed by atoms with Crippen LogP contribution in [0.5, 0.6) is 0 Å². The first kappa shape index (κ1) is 25.0. The molecule has 2 aromatic rings. The van der Waals surface area contributed by atoms with Crippen LogP contribution in [0, 0.1) is 11.8 Å². The third kappa shape index (κ3) is 3.61. The summed E-state index contributed by atoms with van der Waals surface area (Å²) in [5.41, 5.74) is 1.53. The molecule has 1 spiro atoms. The van der Waals surface area contributed by atoms with E-state index in [0.29, 0.717) is 19.4 Å². The summed E-state index contributed by atoms with van der Waals surface area (Å²) in [7, 11) is 0. The predicted molar refractivity (Wildman–Crippen MR) is 136 cm³/mol. The van der Waals surface area contributed by atoms with Crippen molar-refractivity contribution in [1.82, 2.24) is 30.5 Å². The lowest BCUT2D eigenvalue weighted by atomic mass is 9.66. The number of rotatable bonds is 9. The van der Waals surface area contributed by atoms with Gasteiger partial charge in [-0.1, -0.05) is 31.2 Å². The molecule has 3 aliphatic rings. The van der Waals surface area contributed by atoms with Crippen LogP contribution in [0.3, 0.4) is 0 Å². The number of nitrogens with one attached hydrogen (secondary N) is 2. The molecule has 3 N–H and O–H groups in total. The van der Waals surface area contributed by atoms with E-state index in [1.807, 2.05) is 38.1 Å². The first-order valence-corrected chi connectivity index (χ1v) is 13.6. The standard InChI is InChI=1S/C25H34N6O4S/c1-4-12-26-21(33)18-19-23(35)31(15(5-2)13-32)20(25(19)11-10-24(18,3)36-25)22(34)27-14-30-17-9-7-6-8-16(17)28-29-30/h6-9,15,18-20,32H,4-5,10-14H2,1-3H3,(H,26,33)(H,27,34)/t15-,18-,19-,20?,24+,25?/m0/s1. The molecule has 10 nitrogen and oxygen atoms in total. The summed E-state index contributed by atoms with van der Waals surface area (Å²) in [6, 6.07) is 6.23. The number of aromatic nitrogens is 3. The quantitative estimate of drug-likeness (QED) is 0.460. The zero-order valence-corrected chi connectivity index (χ0v) is 21.8. The van der Waals surface area contributed by atoms with E-state index >= 15 is 0 Å². The Hall–Kier alpha value is -2.66. The van der Waals surface area contributed by atoms with E-state index in [9.17, 15) is 19.5 Å². The molecule has 2 unspecified atom stereocenters. The van der Waals surface area contributed by atoms with Crippen LogP contribution in [0.2, 0.25) is 0 Å². The lowest BCUT2D eigenvalue weighted by Gasteiger charge is -2.36. The van der Waals surface area contributed by atoms with Crippen molar-refractivity contribution in [3.8, 4) is 0 Å². The van der Waals surface area contributed by atoms with Gasteiger partial charge in [0.05, 0.1) is 34.7 Å². The monoisotopic (exact) mass is 514 g/mol. The molecule has 3 aliphatic heterocycles. The van der Waals surface area contributed by atoms with Crippen molar-refractivity contribution in [2.45, 2.75) is 74.7 Å². The summed E-state index contributed by atoms with van der Waals surface area (Å²) in [6.07, 6.45) is 2.75. The minimum Gasteiger partial charge on any atom is -0.394 e. The second-order valence-corrected chi connectivity index (χ2v) is 12.2. The summed E-state index contributed by atoms with van der Waals surface area (Å²) < 4.78 is 0.497. The zero-order valence-electron chi connectivity index (χ0n) is 20.9. The number of benzene rings is 1. The average molecular weight is 515 g/mol. The van der Waals surface area contributed by atoms with Gasteiger partial charge < -0.3 is 20.6 Å². The number of thioether (sulfide) groups is 1. The SMILES string of the molecule is CCCNC(=O)[C@@H]1[C@H]2C(=O)N([C@@H](CC)CO)C(C(=O)NCn3nnc4ccccc43)C23CC[C@@]1(C)S3. The Balaban J connectivity index is 1.48. The number of para-hydroxylation sites is 1. The fraction of sp³-hybridized carbons (Fsp3) is 0.640. The molecule has 1 aromatic carbocycles. The van der Waals surface area contributed by atoms with Gasteiger partial charge in [0.25, 0.3) is 0 Å². The molecule has 5 rings (SSSR count). The molecule has 4 heterocycles. The van der Waals surface area contributed by atoms with Gasteiger partial charge in [0, 0.05) is 11.3 Å². The molecule has 1 aromatic heterocycles. The Morgan fingerprint density at radius 1 is 1.22 bits per heavy atom. The highest BCUT2D eigenvalue weighted by Gasteiger charge is 2.77. The first-order valence-electron chi connectivity index (χ1n) is 12.8. The second kappa shape index (κ2) is 9.33. The summed E-state index contributed by atoms with van der Waals surface area (Å²) in [4.78, 5) is 42.8. The van der Waals surface area contributed by atoms with Gasteiger partial charge in [-0.05, 0) is 44.7 Å². The van der Waals surface area contributed by atoms with Crippen LogP contribution in [0.4, 0.5) is 0 Å². The Morgan fingerprint density at radius 2 is 2.00 bits per heavy atom. The maximum absolute atomic E-state index is 14.0. The highest BCUT2D eigenvalue weighted by Crippen LogP contribution is 2.71. The van der Waals surface area contributed by atoms with Crippen molar-refractivity contribution in [2.75, 3.05) is 13.2 Å². The number of amides is 3. The summed E-state index contributed by atoms with van der Waals surface area (Å²) in [5, 5.41) is 24.4. The summed E-state index contributed by atoms with van der Waals surface area (Å²) in [5.74, 6) is -1.70. The largest absolute Gasteiger partial charge is 0.394 e. The van der Waals surface area contributed by atoms with Gasteiger partial charge in [0.1, 0.15) is 18.2 Å². The number of hydrogen-bond acceptors (Lipinski definition) is 7. The van der Waals surface area contributed by atoms with Crippen LogP contribution in [-0.4, -0.2) is 77.5 Å². The fourth-order valence-electron chi connectivity index (χ4n) is 6.51. The number of nitrogens with zero attached hydrogens (tertiary/aromatic N) is 4. The number of likely N-dealkylation sites (tertiary alicyclic amines) is 1. The van der Waals surface area contributed by atoms with Crippen LogP contribution < -0.4 is 10.6 Å². The molecule has 0 radical (unpaired) electrons. The smallest absolute Gasteiger partial charge is 0.245 e. The molecule has 3 fully saturated rings. The van der Waals surface area contributed by atoms with E-state index in [1.54, 1.807) is 21.3 Å². The first-order chi connectivity index (χ1) is 17.3. The van der Waals surface area contributed by atoms with Crippen LogP contribution in [0.15, 0.2) is 24.3 Å². The van der Waals surface area contributed by atoms with Crippen molar-refractivity contribution in [3.63, 3.8) is 0 Å². The van der Waals surface area contributed by atoms with Crippen LogP contribution >= 0.6 is 11.8 Å². The zero-order chi connectivity index (χ0) is 25.7. The third-order valence-electron chi connectivity index (χ3n) is 8.19. The van der Waals surface area contributed by atoms with Gasteiger partial charge in [-0.25, -0.2) is 4.68 Å². The molecule has 36 heavy (non-hydrogen) atoms. The lowest BCUT2D eigenvalue weighted by Crippen LogP contribution is -2.56. The number of hydrogen-bond donors (Lipinski definition) is 3. The number of aliphatic hydroxyl groups is 1. The summed E-state index contributed by atoms with van der Waals surface area (Å²) in [6.45, 7) is 6.37. The van der Waals surface area contributed by atoms with E-state index in [0.717, 1.165) is 23.9 Å². The van der Waals surface area contributed by atoms with Gasteiger partial charge in [-0.2, -0.15) is 0 Å². The molecule has 194 valence electrons. The number of aliphatic hydroxyl groups excluding tert-OH is 1. The summed E-state index contributed by atoms with van der Waals surface area (Å²) >= 11 is 1.63. The van der Waals surface area contributed by atoms with Crippen LogP contribution in [0.1, 0.15) is 46.5 Å². The van der Waals surface area contributed by atoms with Crippen LogP contribution in [0.25, 0.3) is 11.0 Å². The van der Waals surface area contributed by atoms with E-state index < -0.39 is 33.4 Å². The van der Waals surface area contributed by atoms with Gasteiger partial charge in [0.15, 0.2) is 0 Å². The van der Waals surface area contributed by atoms with Crippen molar-refractivity contribution in [3.05, 3.63) is 24.3 Å². The van der Waals surface area contributed by atoms with E-state index in [4.69, 9.17) is 0 Å². The Bertz CT molecular complexity index is 1180. The average Bonchev–Trinajstić information content (AvgIpc) is 3.58. The minimum atomic E-state index is -0.780. The Kier molecular flexibility index (Phi) is 6.48. The molecule has 3 saturated heterocycles. The second-order valence-electron chi connectivity index (χ2n) is 10.3. The van der Waals surface area contributed by atoms with Gasteiger partial charge >= 0.3 is 0 Å². The maximum atomic E-state index is 14.0. The number of fused-ring (bicyclic) bond motifs is 2. The van der Waals surface area contributed by atoms with Gasteiger partial charge in [-0.15, -0.1) is 16.9 Å². The molecule has 11 heteroatoms. The Morgan fingerprint density at radius 3 is 2.72 bits per heavy atom. The maximum Gasteiger partial charge on any atom is 0.245 e. The molecule has 0 aliphatic carbocycles. The molecule has 2 bridgehead atoms. The lowest BCUT2D eigenvalue weighted by molar-refractivity contribution is -0.143. The van der Waals surface area contributed by atoms with E-state index in [2.05, 4.69) is 27.9 Å². The van der Waals surface area contributed by atoms with Crippen molar-refractivity contribution < 1.29 is 19.5 Å². The topological polar surface area (TPSA) is 129 Å². The fourth-order valence-corrected chi connectivity index (χ4v) is 8.86. The number of carbonyl (C=O) groups excluding carboxylic acids is 3. The number of carbonyl (C=O) groups is 3. The molecule has 0 saturated carbocycles. The molecule has 6 atom stereocenters. The van der Waals surface area contributed by atoms with Crippen molar-refractivity contribution in [2.24, 2.45) is 11.8 Å². The van der Waals surface area contributed by atoms with E-state index in [-0.39, 0.29) is 31.0 Å². The molecular formula is C25H34N6O4S. The highest BCUT2D eigenvalue weighted by molar-refractivity contribution is 8.02. The predicted octanol–water partition coefficient (Wildman–Crippen LogP) is 1.28. The molecule has 3 amide bonds. The normalized spacial score (nSPS) is 31.6. The van der Waals surface area contributed by atoms with Crippen LogP contribution in [-0.2, 0) is 21.1 Å². The van der Waals surface area contributed by atoms with Crippen molar-refractivity contribution in [1.29, 1.82) is 0 Å².